The molecule has 2 aromatic rings. The summed E-state index contributed by atoms with van der Waals surface area (Å²) in [5.74, 6) is 0.101. The molecule has 2 N–H and O–H groups in total. The number of nitrogens with one attached hydrogen (secondary N) is 2. The van der Waals surface area contributed by atoms with Crippen LogP contribution in [0.5, 0.6) is 0 Å². The van der Waals surface area contributed by atoms with Gasteiger partial charge in [-0.05, 0) is 36.8 Å². The number of amides is 2. The number of nitrogens with zero attached hydrogens (tertiary/aromatic N) is 3. The molecule has 0 saturated carbocycles. The van der Waals surface area contributed by atoms with E-state index < -0.39 is 0 Å². The number of rotatable bonds is 7. The Morgan fingerprint density at radius 3 is 2.44 bits per heavy atom. The van der Waals surface area contributed by atoms with Gasteiger partial charge in [-0.3, -0.25) is 9.59 Å². The second-order valence-corrected chi connectivity index (χ2v) is 5.73. The first-order valence-corrected chi connectivity index (χ1v) is 8.22. The average Bonchev–Trinajstić information content (AvgIpc) is 2.60. The first-order valence-electron chi connectivity index (χ1n) is 8.22. The van der Waals surface area contributed by atoms with E-state index in [1.54, 1.807) is 48.5 Å². The highest BCUT2D eigenvalue weighted by atomic mass is 16.2. The molecule has 0 fully saturated rings. The zero-order valence-electron chi connectivity index (χ0n) is 14.7. The molecule has 1 heterocycles. The van der Waals surface area contributed by atoms with E-state index in [9.17, 15) is 9.59 Å². The molecule has 0 bridgehead atoms. The van der Waals surface area contributed by atoms with Crippen LogP contribution in [0.25, 0.3) is 0 Å². The molecule has 0 aliphatic rings. The van der Waals surface area contributed by atoms with Crippen LogP contribution < -0.4 is 10.6 Å². The fourth-order valence-electron chi connectivity index (χ4n) is 2.20. The summed E-state index contributed by atoms with van der Waals surface area (Å²) >= 11 is 0. The number of aromatic nitrogens is 2. The van der Waals surface area contributed by atoms with Crippen molar-refractivity contribution in [2.45, 2.75) is 26.7 Å². The molecule has 0 unspecified atom stereocenters. The Kier molecular flexibility index (Phi) is 6.45. The van der Waals surface area contributed by atoms with Crippen molar-refractivity contribution in [3.8, 4) is 0 Å². The first kappa shape index (κ1) is 18.4. The molecule has 132 valence electrons. The average molecular weight is 341 g/mol. The molecule has 0 atom stereocenters. The first-order chi connectivity index (χ1) is 12.0. The summed E-state index contributed by atoms with van der Waals surface area (Å²) in [7, 11) is 1.77. The van der Waals surface area contributed by atoms with Crippen molar-refractivity contribution in [1.29, 1.82) is 0 Å². The Morgan fingerprint density at radius 2 is 1.80 bits per heavy atom. The molecule has 2 amide bonds. The maximum Gasteiger partial charge on any atom is 0.272 e. The zero-order valence-corrected chi connectivity index (χ0v) is 14.7. The number of benzene rings is 1. The van der Waals surface area contributed by atoms with E-state index >= 15 is 0 Å². The Morgan fingerprint density at radius 1 is 1.12 bits per heavy atom. The summed E-state index contributed by atoms with van der Waals surface area (Å²) in [6, 6.07) is 8.76. The Labute approximate surface area is 147 Å². The van der Waals surface area contributed by atoms with Crippen LogP contribution in [0.1, 0.15) is 37.2 Å². The Hall–Kier alpha value is -2.96. The minimum absolute atomic E-state index is 0.123. The maximum atomic E-state index is 12.4. The van der Waals surface area contributed by atoms with E-state index in [0.29, 0.717) is 23.9 Å². The van der Waals surface area contributed by atoms with Gasteiger partial charge in [-0.2, -0.15) is 0 Å². The van der Waals surface area contributed by atoms with E-state index in [1.165, 1.54) is 6.92 Å². The Bertz CT molecular complexity index is 731. The standard InChI is InChI=1S/C18H23N5O2/c1-4-5-12-23(3)17(25)16-10-11-19-18(22-16)21-15-8-6-14(7-9-15)20-13(2)24/h6-11H,4-5,12H2,1-3H3,(H,20,24)(H,19,21,22). The summed E-state index contributed by atoms with van der Waals surface area (Å²) in [4.78, 5) is 33.5. The highest BCUT2D eigenvalue weighted by Crippen LogP contribution is 2.17. The van der Waals surface area contributed by atoms with Crippen LogP contribution >= 0.6 is 0 Å². The third-order valence-electron chi connectivity index (χ3n) is 3.53. The number of unbranched alkanes of at least 4 members (excludes halogenated alkanes) is 1. The van der Waals surface area contributed by atoms with Crippen molar-refractivity contribution in [2.75, 3.05) is 24.2 Å². The second kappa shape index (κ2) is 8.77. The molecule has 25 heavy (non-hydrogen) atoms. The van der Waals surface area contributed by atoms with Gasteiger partial charge in [0, 0.05) is 38.1 Å². The van der Waals surface area contributed by atoms with Gasteiger partial charge < -0.3 is 15.5 Å². The fraction of sp³-hybridized carbons (Fsp3) is 0.333. The third-order valence-corrected chi connectivity index (χ3v) is 3.53. The minimum atomic E-state index is -0.125. The lowest BCUT2D eigenvalue weighted by atomic mass is 10.3. The van der Waals surface area contributed by atoms with Crippen LogP contribution in [0.4, 0.5) is 17.3 Å². The lowest BCUT2D eigenvalue weighted by Gasteiger charge is -2.16. The van der Waals surface area contributed by atoms with Crippen molar-refractivity contribution in [2.24, 2.45) is 0 Å². The van der Waals surface area contributed by atoms with Gasteiger partial charge in [0.15, 0.2) is 0 Å². The molecular weight excluding hydrogens is 318 g/mol. The van der Waals surface area contributed by atoms with E-state index in [1.807, 2.05) is 0 Å². The lowest BCUT2D eigenvalue weighted by molar-refractivity contribution is -0.114. The van der Waals surface area contributed by atoms with Crippen LogP contribution in [-0.4, -0.2) is 40.3 Å². The predicted octanol–water partition coefficient (Wildman–Crippen LogP) is 3.05. The van der Waals surface area contributed by atoms with Gasteiger partial charge in [0.1, 0.15) is 5.69 Å². The zero-order chi connectivity index (χ0) is 18.2. The van der Waals surface area contributed by atoms with Crippen LogP contribution in [-0.2, 0) is 4.79 Å². The van der Waals surface area contributed by atoms with Gasteiger partial charge in [-0.15, -0.1) is 0 Å². The predicted molar refractivity (Wildman–Crippen MR) is 97.9 cm³/mol. The highest BCUT2D eigenvalue weighted by molar-refractivity contribution is 5.92. The van der Waals surface area contributed by atoms with Crippen molar-refractivity contribution < 1.29 is 9.59 Å². The van der Waals surface area contributed by atoms with E-state index in [2.05, 4.69) is 27.5 Å². The molecular formula is C18H23N5O2. The molecule has 7 heteroatoms. The smallest absolute Gasteiger partial charge is 0.272 e. The van der Waals surface area contributed by atoms with Crippen LogP contribution in [0, 0.1) is 0 Å². The van der Waals surface area contributed by atoms with Crippen LogP contribution in [0.2, 0.25) is 0 Å². The van der Waals surface area contributed by atoms with Crippen molar-refractivity contribution in [3.63, 3.8) is 0 Å². The molecule has 0 radical (unpaired) electrons. The molecule has 1 aromatic carbocycles. The largest absolute Gasteiger partial charge is 0.340 e. The quantitative estimate of drug-likeness (QED) is 0.808. The number of hydrogen-bond donors (Lipinski definition) is 2. The van der Waals surface area contributed by atoms with E-state index in [-0.39, 0.29) is 11.8 Å². The lowest BCUT2D eigenvalue weighted by Crippen LogP contribution is -2.28. The summed E-state index contributed by atoms with van der Waals surface area (Å²) in [5.41, 5.74) is 1.82. The van der Waals surface area contributed by atoms with Gasteiger partial charge in [0.25, 0.3) is 5.91 Å². The molecule has 0 saturated heterocycles. The molecule has 0 aliphatic heterocycles. The Balaban J connectivity index is 2.05. The van der Waals surface area contributed by atoms with E-state index in [0.717, 1.165) is 18.5 Å². The highest BCUT2D eigenvalue weighted by Gasteiger charge is 2.13. The summed E-state index contributed by atoms with van der Waals surface area (Å²) in [6.07, 6.45) is 3.55. The summed E-state index contributed by atoms with van der Waals surface area (Å²) in [5, 5.41) is 5.76. The summed E-state index contributed by atoms with van der Waals surface area (Å²) < 4.78 is 0. The normalized spacial score (nSPS) is 10.2. The second-order valence-electron chi connectivity index (χ2n) is 5.73. The number of anilines is 3. The number of carbonyl (C=O) groups excluding carboxylic acids is 2. The van der Waals surface area contributed by atoms with E-state index in [4.69, 9.17) is 0 Å². The maximum absolute atomic E-state index is 12.4. The van der Waals surface area contributed by atoms with Crippen molar-refractivity contribution in [3.05, 3.63) is 42.2 Å². The van der Waals surface area contributed by atoms with Crippen molar-refractivity contribution >= 4 is 29.1 Å². The minimum Gasteiger partial charge on any atom is -0.340 e. The van der Waals surface area contributed by atoms with Gasteiger partial charge in [0.2, 0.25) is 11.9 Å². The molecule has 7 nitrogen and oxygen atoms in total. The number of hydrogen-bond acceptors (Lipinski definition) is 5. The summed E-state index contributed by atoms with van der Waals surface area (Å²) in [6.45, 7) is 4.25. The van der Waals surface area contributed by atoms with Crippen LogP contribution in [0.3, 0.4) is 0 Å². The fourth-order valence-corrected chi connectivity index (χ4v) is 2.20. The third kappa shape index (κ3) is 5.56. The molecule has 1 aromatic heterocycles. The molecule has 2 rings (SSSR count). The topological polar surface area (TPSA) is 87.2 Å². The van der Waals surface area contributed by atoms with Gasteiger partial charge in [-0.1, -0.05) is 13.3 Å². The molecule has 0 spiro atoms. The van der Waals surface area contributed by atoms with Gasteiger partial charge in [-0.25, -0.2) is 9.97 Å². The van der Waals surface area contributed by atoms with Gasteiger partial charge in [0.05, 0.1) is 0 Å². The monoisotopic (exact) mass is 341 g/mol. The van der Waals surface area contributed by atoms with Crippen molar-refractivity contribution in [1.82, 2.24) is 14.9 Å². The van der Waals surface area contributed by atoms with Crippen LogP contribution in [0.15, 0.2) is 36.5 Å². The number of carbonyl (C=O) groups is 2. The SMILES string of the molecule is CCCCN(C)C(=O)c1ccnc(Nc2ccc(NC(C)=O)cc2)n1. The molecule has 0 aliphatic carbocycles. The van der Waals surface area contributed by atoms with Gasteiger partial charge >= 0.3 is 0 Å².